The zero-order valence-corrected chi connectivity index (χ0v) is 13.2. The van der Waals surface area contributed by atoms with Crippen LogP contribution in [0.4, 0.5) is 8.78 Å². The van der Waals surface area contributed by atoms with Crippen molar-refractivity contribution in [1.29, 1.82) is 0 Å². The normalized spacial score (nSPS) is 10.7. The molecule has 1 aromatic rings. The van der Waals surface area contributed by atoms with Gasteiger partial charge < -0.3 is 4.74 Å². The molecule has 0 radical (unpaired) electrons. The first-order valence-electron chi connectivity index (χ1n) is 6.61. The van der Waals surface area contributed by atoms with Crippen LogP contribution in [0, 0.1) is 0 Å². The summed E-state index contributed by atoms with van der Waals surface area (Å²) in [6, 6.07) is 3.34. The van der Waals surface area contributed by atoms with Gasteiger partial charge in [-0.15, -0.1) is 0 Å². The Morgan fingerprint density at radius 3 is 1.74 bits per heavy atom. The van der Waals surface area contributed by atoms with Crippen LogP contribution in [0.25, 0.3) is 0 Å². The summed E-state index contributed by atoms with van der Waals surface area (Å²) in [5, 5.41) is 0.235. The second-order valence-electron chi connectivity index (χ2n) is 4.60. The van der Waals surface area contributed by atoms with Crippen LogP contribution < -0.4 is 4.74 Å². The average Bonchev–Trinajstić information content (AvgIpc) is 2.32. The maximum absolute atomic E-state index is 12.2. The fourth-order valence-electron chi connectivity index (χ4n) is 1.77. The van der Waals surface area contributed by atoms with Gasteiger partial charge in [0, 0.05) is 0 Å². The van der Waals surface area contributed by atoms with E-state index < -0.39 is 6.61 Å². The number of rotatable bonds is 4. The third-order valence-electron chi connectivity index (χ3n) is 2.60. The van der Waals surface area contributed by atoms with Gasteiger partial charge >= 0.3 is 6.61 Å². The minimum Gasteiger partial charge on any atom is -0.433 e. The number of hydrogen-bond acceptors (Lipinski definition) is 1. The highest BCUT2D eigenvalue weighted by molar-refractivity contribution is 6.32. The Kier molecular flexibility index (Phi) is 8.00. The molecule has 1 nitrogen and oxygen atoms in total. The van der Waals surface area contributed by atoms with E-state index in [9.17, 15) is 8.78 Å². The van der Waals surface area contributed by atoms with E-state index in [1.807, 2.05) is 41.5 Å². The standard InChI is InChI=1S/C13H17ClF2O.C2H6/c1-7(2)9-5-11(14)12(17-13(15)16)6-10(9)8(3)4;1-2/h5-8,13H,1-4H3;1-2H3. The van der Waals surface area contributed by atoms with Gasteiger partial charge in [0.05, 0.1) is 5.02 Å². The third kappa shape index (κ3) is 5.35. The molecule has 0 aliphatic rings. The molecule has 0 fully saturated rings. The lowest BCUT2D eigenvalue weighted by Crippen LogP contribution is -2.05. The molecule has 0 aromatic heterocycles. The lowest BCUT2D eigenvalue weighted by molar-refractivity contribution is -0.0498. The molecule has 0 saturated carbocycles. The number of hydrogen-bond donors (Lipinski definition) is 0. The Hall–Kier alpha value is -0.830. The van der Waals surface area contributed by atoms with E-state index in [1.54, 1.807) is 12.1 Å². The van der Waals surface area contributed by atoms with Gasteiger partial charge in [0.25, 0.3) is 0 Å². The molecule has 19 heavy (non-hydrogen) atoms. The van der Waals surface area contributed by atoms with E-state index in [4.69, 9.17) is 11.6 Å². The van der Waals surface area contributed by atoms with Gasteiger partial charge in [0.2, 0.25) is 0 Å². The highest BCUT2D eigenvalue weighted by atomic mass is 35.5. The van der Waals surface area contributed by atoms with Crippen LogP contribution in [0.2, 0.25) is 5.02 Å². The van der Waals surface area contributed by atoms with Crippen LogP contribution in [0.15, 0.2) is 12.1 Å². The summed E-state index contributed by atoms with van der Waals surface area (Å²) in [6.07, 6.45) is 0. The highest BCUT2D eigenvalue weighted by Gasteiger charge is 2.16. The predicted octanol–water partition coefficient (Wildman–Crippen LogP) is 6.21. The Morgan fingerprint density at radius 1 is 0.947 bits per heavy atom. The molecule has 4 heteroatoms. The van der Waals surface area contributed by atoms with Crippen molar-refractivity contribution in [3.8, 4) is 5.75 Å². The molecule has 0 aliphatic heterocycles. The van der Waals surface area contributed by atoms with E-state index in [0.717, 1.165) is 11.1 Å². The van der Waals surface area contributed by atoms with Crippen LogP contribution >= 0.6 is 11.6 Å². The summed E-state index contributed by atoms with van der Waals surface area (Å²) in [6.45, 7) is 9.27. The number of benzene rings is 1. The van der Waals surface area contributed by atoms with Crippen molar-refractivity contribution in [3.05, 3.63) is 28.3 Å². The summed E-state index contributed by atoms with van der Waals surface area (Å²) in [4.78, 5) is 0. The molecule has 0 N–H and O–H groups in total. The largest absolute Gasteiger partial charge is 0.433 e. The number of ether oxygens (including phenoxy) is 1. The lowest BCUT2D eigenvalue weighted by Gasteiger charge is -2.18. The maximum Gasteiger partial charge on any atom is 0.387 e. The maximum atomic E-state index is 12.2. The summed E-state index contributed by atoms with van der Waals surface area (Å²) >= 11 is 5.94. The Morgan fingerprint density at radius 2 is 1.37 bits per heavy atom. The summed E-state index contributed by atoms with van der Waals surface area (Å²) in [5.41, 5.74) is 2.08. The fraction of sp³-hybridized carbons (Fsp3) is 0.600. The molecule has 0 atom stereocenters. The smallest absolute Gasteiger partial charge is 0.387 e. The Bertz CT molecular complexity index is 390. The Labute approximate surface area is 119 Å². The molecular formula is C15H23ClF2O. The zero-order valence-electron chi connectivity index (χ0n) is 12.4. The van der Waals surface area contributed by atoms with Crippen LogP contribution in [-0.4, -0.2) is 6.61 Å². The average molecular weight is 293 g/mol. The molecule has 0 saturated heterocycles. The van der Waals surface area contributed by atoms with Gasteiger partial charge in [0.15, 0.2) is 0 Å². The van der Waals surface area contributed by atoms with Crippen LogP contribution in [0.5, 0.6) is 5.75 Å². The molecule has 0 amide bonds. The van der Waals surface area contributed by atoms with E-state index in [1.165, 1.54) is 0 Å². The summed E-state index contributed by atoms with van der Waals surface area (Å²) in [5.74, 6) is 0.588. The molecule has 1 aromatic carbocycles. The zero-order chi connectivity index (χ0) is 15.2. The molecule has 0 aliphatic carbocycles. The number of alkyl halides is 2. The van der Waals surface area contributed by atoms with Gasteiger partial charge in [0.1, 0.15) is 5.75 Å². The molecular weight excluding hydrogens is 270 g/mol. The minimum atomic E-state index is -2.85. The van der Waals surface area contributed by atoms with Gasteiger partial charge in [-0.2, -0.15) is 8.78 Å². The second-order valence-corrected chi connectivity index (χ2v) is 5.01. The van der Waals surface area contributed by atoms with E-state index >= 15 is 0 Å². The fourth-order valence-corrected chi connectivity index (χ4v) is 1.99. The molecule has 1 rings (SSSR count). The molecule has 0 bridgehead atoms. The SMILES string of the molecule is CC.CC(C)c1cc(Cl)c(OC(F)F)cc1C(C)C. The molecule has 0 spiro atoms. The van der Waals surface area contributed by atoms with Crippen LogP contribution in [-0.2, 0) is 0 Å². The quantitative estimate of drug-likeness (QED) is 0.640. The van der Waals surface area contributed by atoms with E-state index in [2.05, 4.69) is 4.74 Å². The van der Waals surface area contributed by atoms with Crippen molar-refractivity contribution < 1.29 is 13.5 Å². The van der Waals surface area contributed by atoms with E-state index in [-0.39, 0.29) is 16.7 Å². The first kappa shape index (κ1) is 18.2. The van der Waals surface area contributed by atoms with Crippen molar-refractivity contribution in [2.24, 2.45) is 0 Å². The van der Waals surface area contributed by atoms with Crippen LogP contribution in [0.1, 0.15) is 64.5 Å². The molecule has 110 valence electrons. The molecule has 0 heterocycles. The van der Waals surface area contributed by atoms with E-state index in [0.29, 0.717) is 5.92 Å². The number of halogens is 3. The summed E-state index contributed by atoms with van der Waals surface area (Å²) in [7, 11) is 0. The van der Waals surface area contributed by atoms with Crippen molar-refractivity contribution in [3.63, 3.8) is 0 Å². The van der Waals surface area contributed by atoms with Crippen molar-refractivity contribution >= 4 is 11.6 Å². The predicted molar refractivity (Wildman–Crippen MR) is 77.6 cm³/mol. The Balaban J connectivity index is 0.00000154. The second kappa shape index (κ2) is 8.36. The minimum absolute atomic E-state index is 0.0507. The monoisotopic (exact) mass is 292 g/mol. The van der Waals surface area contributed by atoms with Gasteiger partial charge in [-0.25, -0.2) is 0 Å². The lowest BCUT2D eigenvalue weighted by atomic mass is 9.90. The topological polar surface area (TPSA) is 9.23 Å². The van der Waals surface area contributed by atoms with Gasteiger partial charge in [-0.1, -0.05) is 53.1 Å². The highest BCUT2D eigenvalue weighted by Crippen LogP contribution is 2.35. The summed E-state index contributed by atoms with van der Waals surface area (Å²) < 4.78 is 28.8. The third-order valence-corrected chi connectivity index (χ3v) is 2.89. The van der Waals surface area contributed by atoms with Gasteiger partial charge in [-0.3, -0.25) is 0 Å². The van der Waals surface area contributed by atoms with Gasteiger partial charge in [-0.05, 0) is 35.1 Å². The first-order chi connectivity index (χ1) is 8.82. The van der Waals surface area contributed by atoms with Crippen molar-refractivity contribution in [1.82, 2.24) is 0 Å². The molecule has 0 unspecified atom stereocenters. The van der Waals surface area contributed by atoms with Crippen LogP contribution in [0.3, 0.4) is 0 Å². The first-order valence-corrected chi connectivity index (χ1v) is 6.98. The van der Waals surface area contributed by atoms with Crippen molar-refractivity contribution in [2.45, 2.75) is 60.0 Å². The van der Waals surface area contributed by atoms with Crippen molar-refractivity contribution in [2.75, 3.05) is 0 Å².